The fraction of sp³-hybridized carbons (Fsp3) is 0.211. The predicted octanol–water partition coefficient (Wildman–Crippen LogP) is 2.48. The van der Waals surface area contributed by atoms with Crippen molar-refractivity contribution in [3.8, 4) is 0 Å². The summed E-state index contributed by atoms with van der Waals surface area (Å²) in [6.45, 7) is 2.61. The molecule has 0 spiro atoms. The summed E-state index contributed by atoms with van der Waals surface area (Å²) >= 11 is 0. The lowest BCUT2D eigenvalue weighted by atomic mass is 10.2. The summed E-state index contributed by atoms with van der Waals surface area (Å²) in [4.78, 5) is 32.6. The zero-order valence-corrected chi connectivity index (χ0v) is 14.5. The van der Waals surface area contributed by atoms with Gasteiger partial charge in [0.15, 0.2) is 5.76 Å². The first kappa shape index (κ1) is 16.9. The smallest absolute Gasteiger partial charge is 0.291 e. The highest BCUT2D eigenvalue weighted by Crippen LogP contribution is 2.18. The van der Waals surface area contributed by atoms with Gasteiger partial charge in [-0.15, -0.1) is 0 Å². The van der Waals surface area contributed by atoms with Crippen LogP contribution in [0.15, 0.2) is 64.2 Å². The molecule has 3 aromatic rings. The van der Waals surface area contributed by atoms with Crippen molar-refractivity contribution >= 4 is 23.3 Å². The number of hydrogen-bond acceptors (Lipinski definition) is 6. The number of pyridine rings is 1. The van der Waals surface area contributed by atoms with Crippen molar-refractivity contribution < 1.29 is 18.4 Å². The molecule has 0 unspecified atom stereocenters. The predicted molar refractivity (Wildman–Crippen MR) is 97.7 cm³/mol. The summed E-state index contributed by atoms with van der Waals surface area (Å²) in [5.74, 6) is 0.715. The van der Waals surface area contributed by atoms with Gasteiger partial charge in [0.05, 0.1) is 30.0 Å². The Morgan fingerprint density at radius 2 is 1.89 bits per heavy atom. The number of hydrogen-bond donors (Lipinski definition) is 1. The second-order valence-corrected chi connectivity index (χ2v) is 6.13. The number of aromatic nitrogens is 1. The zero-order chi connectivity index (χ0) is 18.6. The average Bonchev–Trinajstić information content (AvgIpc) is 3.42. The Morgan fingerprint density at radius 1 is 1.04 bits per heavy atom. The number of carbonyl (C=O) groups is 2. The number of anilines is 2. The maximum Gasteiger partial charge on any atom is 0.291 e. The highest BCUT2D eigenvalue weighted by Gasteiger charge is 2.23. The van der Waals surface area contributed by atoms with Gasteiger partial charge in [0.1, 0.15) is 12.1 Å². The molecule has 0 aromatic carbocycles. The molecule has 1 saturated heterocycles. The number of nitrogens with zero attached hydrogens (tertiary/aromatic N) is 3. The van der Waals surface area contributed by atoms with Crippen LogP contribution in [0, 0.1) is 0 Å². The fourth-order valence-electron chi connectivity index (χ4n) is 2.95. The van der Waals surface area contributed by atoms with Gasteiger partial charge < -0.3 is 24.0 Å². The molecule has 3 aromatic heterocycles. The summed E-state index contributed by atoms with van der Waals surface area (Å²) in [6.07, 6.45) is 6.03. The molecule has 1 N–H and O–H groups in total. The molecule has 0 saturated carbocycles. The summed E-state index contributed by atoms with van der Waals surface area (Å²) < 4.78 is 10.0. The Bertz CT molecular complexity index is 896. The Morgan fingerprint density at radius 3 is 2.52 bits per heavy atom. The van der Waals surface area contributed by atoms with Crippen molar-refractivity contribution in [3.63, 3.8) is 0 Å². The number of furan rings is 2. The lowest BCUT2D eigenvalue weighted by Gasteiger charge is -2.35. The largest absolute Gasteiger partial charge is 0.472 e. The minimum Gasteiger partial charge on any atom is -0.472 e. The SMILES string of the molecule is O=C(Nc1ccc(N2CCN(C(=O)c3ccoc3)CC2)nc1)c1ccco1. The first-order chi connectivity index (χ1) is 13.2. The van der Waals surface area contributed by atoms with E-state index < -0.39 is 0 Å². The van der Waals surface area contributed by atoms with Gasteiger partial charge in [-0.2, -0.15) is 0 Å². The summed E-state index contributed by atoms with van der Waals surface area (Å²) in [5.41, 5.74) is 1.16. The van der Waals surface area contributed by atoms with E-state index in [9.17, 15) is 9.59 Å². The van der Waals surface area contributed by atoms with Crippen LogP contribution >= 0.6 is 0 Å². The van der Waals surface area contributed by atoms with Crippen molar-refractivity contribution in [2.24, 2.45) is 0 Å². The number of carbonyl (C=O) groups excluding carboxylic acids is 2. The molecule has 4 heterocycles. The molecule has 1 aliphatic heterocycles. The molecule has 2 amide bonds. The van der Waals surface area contributed by atoms with E-state index in [0.717, 1.165) is 5.82 Å². The first-order valence-electron chi connectivity index (χ1n) is 8.58. The standard InChI is InChI=1S/C19H18N4O4/c24-18(16-2-1-10-27-16)21-15-3-4-17(20-12-15)22-6-8-23(9-7-22)19(25)14-5-11-26-13-14/h1-5,10-13H,6-9H2,(H,21,24). The molecule has 27 heavy (non-hydrogen) atoms. The average molecular weight is 366 g/mol. The molecular formula is C19H18N4O4. The van der Waals surface area contributed by atoms with Gasteiger partial charge in [0.25, 0.3) is 11.8 Å². The zero-order valence-electron chi connectivity index (χ0n) is 14.5. The van der Waals surface area contributed by atoms with Gasteiger partial charge in [-0.25, -0.2) is 4.98 Å². The molecule has 0 bridgehead atoms. The molecule has 4 rings (SSSR count). The second kappa shape index (κ2) is 7.36. The van der Waals surface area contributed by atoms with Crippen molar-refractivity contribution in [1.29, 1.82) is 0 Å². The molecule has 0 aliphatic carbocycles. The quantitative estimate of drug-likeness (QED) is 0.763. The second-order valence-electron chi connectivity index (χ2n) is 6.13. The Kier molecular flexibility index (Phi) is 4.61. The number of amides is 2. The van der Waals surface area contributed by atoms with E-state index in [1.165, 1.54) is 18.8 Å². The summed E-state index contributed by atoms with van der Waals surface area (Å²) in [5, 5.41) is 2.74. The minimum absolute atomic E-state index is 0.0210. The van der Waals surface area contributed by atoms with E-state index in [-0.39, 0.29) is 17.6 Å². The number of piperazine rings is 1. The van der Waals surface area contributed by atoms with Gasteiger partial charge >= 0.3 is 0 Å². The van der Waals surface area contributed by atoms with Gasteiger partial charge in [0, 0.05) is 26.2 Å². The first-order valence-corrected chi connectivity index (χ1v) is 8.58. The third kappa shape index (κ3) is 3.69. The maximum absolute atomic E-state index is 12.3. The molecule has 8 nitrogen and oxygen atoms in total. The van der Waals surface area contributed by atoms with E-state index in [0.29, 0.717) is 37.4 Å². The molecule has 1 fully saturated rings. The van der Waals surface area contributed by atoms with Crippen molar-refractivity contribution in [2.45, 2.75) is 0 Å². The summed E-state index contributed by atoms with van der Waals surface area (Å²) in [7, 11) is 0. The van der Waals surface area contributed by atoms with E-state index in [1.807, 2.05) is 6.07 Å². The molecular weight excluding hydrogens is 348 g/mol. The summed E-state index contributed by atoms with van der Waals surface area (Å²) in [6, 6.07) is 8.58. The third-order valence-electron chi connectivity index (χ3n) is 4.41. The van der Waals surface area contributed by atoms with Crippen LogP contribution in [-0.2, 0) is 0 Å². The maximum atomic E-state index is 12.3. The van der Waals surface area contributed by atoms with E-state index in [1.54, 1.807) is 35.4 Å². The van der Waals surface area contributed by atoms with Crippen LogP contribution in [0.2, 0.25) is 0 Å². The van der Waals surface area contributed by atoms with Crippen LogP contribution in [0.1, 0.15) is 20.9 Å². The monoisotopic (exact) mass is 366 g/mol. The molecule has 138 valence electrons. The van der Waals surface area contributed by atoms with Gasteiger partial charge in [-0.05, 0) is 30.3 Å². The highest BCUT2D eigenvalue weighted by atomic mass is 16.3. The van der Waals surface area contributed by atoms with Crippen molar-refractivity contribution in [2.75, 3.05) is 36.4 Å². The lowest BCUT2D eigenvalue weighted by Crippen LogP contribution is -2.49. The topological polar surface area (TPSA) is 91.8 Å². The fourth-order valence-corrected chi connectivity index (χ4v) is 2.95. The van der Waals surface area contributed by atoms with Crippen LogP contribution < -0.4 is 10.2 Å². The normalized spacial score (nSPS) is 14.2. The van der Waals surface area contributed by atoms with Gasteiger partial charge in [-0.1, -0.05) is 0 Å². The molecule has 1 aliphatic rings. The van der Waals surface area contributed by atoms with Crippen LogP contribution in [0.3, 0.4) is 0 Å². The highest BCUT2D eigenvalue weighted by molar-refractivity contribution is 6.02. The Hall–Kier alpha value is -3.55. The van der Waals surface area contributed by atoms with Crippen LogP contribution in [0.5, 0.6) is 0 Å². The van der Waals surface area contributed by atoms with Gasteiger partial charge in [-0.3, -0.25) is 9.59 Å². The van der Waals surface area contributed by atoms with Crippen LogP contribution in [-0.4, -0.2) is 47.9 Å². The van der Waals surface area contributed by atoms with E-state index in [4.69, 9.17) is 8.83 Å². The lowest BCUT2D eigenvalue weighted by molar-refractivity contribution is 0.0745. The number of rotatable bonds is 4. The van der Waals surface area contributed by atoms with Crippen LogP contribution in [0.25, 0.3) is 0 Å². The van der Waals surface area contributed by atoms with Crippen LogP contribution in [0.4, 0.5) is 11.5 Å². The van der Waals surface area contributed by atoms with Crippen molar-refractivity contribution in [1.82, 2.24) is 9.88 Å². The van der Waals surface area contributed by atoms with Gasteiger partial charge in [0.2, 0.25) is 0 Å². The Labute approximate surface area is 155 Å². The third-order valence-corrected chi connectivity index (χ3v) is 4.41. The molecule has 0 atom stereocenters. The Balaban J connectivity index is 1.33. The van der Waals surface area contributed by atoms with E-state index >= 15 is 0 Å². The van der Waals surface area contributed by atoms with Crippen molar-refractivity contribution in [3.05, 3.63) is 66.6 Å². The molecule has 8 heteroatoms. The molecule has 0 radical (unpaired) electrons. The minimum atomic E-state index is -0.319. The van der Waals surface area contributed by atoms with E-state index in [2.05, 4.69) is 15.2 Å². The number of nitrogens with one attached hydrogen (secondary N) is 1.